The van der Waals surface area contributed by atoms with E-state index in [1.807, 2.05) is 0 Å². The van der Waals surface area contributed by atoms with Gasteiger partial charge in [0.15, 0.2) is 9.84 Å². The summed E-state index contributed by atoms with van der Waals surface area (Å²) in [4.78, 5) is 23.3. The summed E-state index contributed by atoms with van der Waals surface area (Å²) in [7, 11) is -3.10. The zero-order chi connectivity index (χ0) is 14.8. The second-order valence-electron chi connectivity index (χ2n) is 5.61. The third-order valence-electron chi connectivity index (χ3n) is 3.98. The van der Waals surface area contributed by atoms with E-state index < -0.39 is 33.3 Å². The van der Waals surface area contributed by atoms with Crippen molar-refractivity contribution in [3.05, 3.63) is 0 Å². The zero-order valence-corrected chi connectivity index (χ0v) is 12.0. The summed E-state index contributed by atoms with van der Waals surface area (Å²) in [5, 5.41) is 14.9. The van der Waals surface area contributed by atoms with Gasteiger partial charge in [0.05, 0.1) is 11.5 Å². The van der Waals surface area contributed by atoms with E-state index >= 15 is 0 Å². The topological polar surface area (TPSA) is 113 Å². The van der Waals surface area contributed by atoms with Crippen LogP contribution >= 0.6 is 0 Å². The number of rotatable bonds is 4. The number of carboxylic acids is 1. The molecule has 1 heterocycles. The highest BCUT2D eigenvalue weighted by atomic mass is 32.2. The van der Waals surface area contributed by atoms with Crippen molar-refractivity contribution >= 4 is 21.7 Å². The van der Waals surface area contributed by atoms with Crippen LogP contribution in [0.5, 0.6) is 0 Å². The van der Waals surface area contributed by atoms with Gasteiger partial charge < -0.3 is 15.7 Å². The first-order valence-corrected chi connectivity index (χ1v) is 8.63. The molecule has 0 spiro atoms. The Kier molecular flexibility index (Phi) is 4.33. The maximum absolute atomic E-state index is 12.0. The number of sulfone groups is 1. The first-order chi connectivity index (χ1) is 9.33. The van der Waals surface area contributed by atoms with Gasteiger partial charge in [0.25, 0.3) is 0 Å². The standard InChI is InChI=1S/C12H20N2O5S/c15-10(7-9-8-20(18,19)6-5-13-9)14-12(11(16)17)3-1-2-4-12/h9,13H,1-8H2,(H,14,15)(H,16,17). The van der Waals surface area contributed by atoms with Crippen molar-refractivity contribution in [3.8, 4) is 0 Å². The summed E-state index contributed by atoms with van der Waals surface area (Å²) in [6, 6.07) is -0.430. The van der Waals surface area contributed by atoms with Gasteiger partial charge in [0.1, 0.15) is 5.54 Å². The number of carbonyl (C=O) groups excluding carboxylic acids is 1. The van der Waals surface area contributed by atoms with Crippen molar-refractivity contribution < 1.29 is 23.1 Å². The predicted molar refractivity (Wildman–Crippen MR) is 72.0 cm³/mol. The molecule has 20 heavy (non-hydrogen) atoms. The molecule has 1 atom stereocenters. The molecule has 2 rings (SSSR count). The fourth-order valence-corrected chi connectivity index (χ4v) is 4.36. The van der Waals surface area contributed by atoms with E-state index in [1.54, 1.807) is 0 Å². The average Bonchev–Trinajstić information content (AvgIpc) is 2.77. The van der Waals surface area contributed by atoms with Gasteiger partial charge in [-0.25, -0.2) is 13.2 Å². The van der Waals surface area contributed by atoms with Crippen molar-refractivity contribution in [3.63, 3.8) is 0 Å². The van der Waals surface area contributed by atoms with Crippen molar-refractivity contribution in [2.24, 2.45) is 0 Å². The lowest BCUT2D eigenvalue weighted by Crippen LogP contribution is -2.54. The highest BCUT2D eigenvalue weighted by Crippen LogP contribution is 2.30. The van der Waals surface area contributed by atoms with Crippen LogP contribution in [0.2, 0.25) is 0 Å². The smallest absolute Gasteiger partial charge is 0.329 e. The van der Waals surface area contributed by atoms with Crippen molar-refractivity contribution in [1.29, 1.82) is 0 Å². The number of carboxylic acid groups (broad SMARTS) is 1. The van der Waals surface area contributed by atoms with E-state index in [1.165, 1.54) is 0 Å². The lowest BCUT2D eigenvalue weighted by Gasteiger charge is -2.28. The second-order valence-corrected chi connectivity index (χ2v) is 7.84. The van der Waals surface area contributed by atoms with E-state index in [2.05, 4.69) is 10.6 Å². The molecule has 3 N–H and O–H groups in total. The van der Waals surface area contributed by atoms with E-state index in [0.717, 1.165) is 12.8 Å². The third kappa shape index (κ3) is 3.49. The van der Waals surface area contributed by atoms with Crippen LogP contribution in [0.1, 0.15) is 32.1 Å². The van der Waals surface area contributed by atoms with Crippen LogP contribution in [-0.2, 0) is 19.4 Å². The first-order valence-electron chi connectivity index (χ1n) is 6.81. The summed E-state index contributed by atoms with van der Waals surface area (Å²) in [6.07, 6.45) is 2.43. The van der Waals surface area contributed by atoms with Gasteiger partial charge in [0, 0.05) is 19.0 Å². The first kappa shape index (κ1) is 15.2. The Bertz CT molecular complexity index is 496. The van der Waals surface area contributed by atoms with Gasteiger partial charge >= 0.3 is 5.97 Å². The van der Waals surface area contributed by atoms with E-state index in [0.29, 0.717) is 19.4 Å². The third-order valence-corrected chi connectivity index (χ3v) is 5.71. The van der Waals surface area contributed by atoms with Crippen molar-refractivity contribution in [1.82, 2.24) is 10.6 Å². The van der Waals surface area contributed by atoms with Gasteiger partial charge in [-0.15, -0.1) is 0 Å². The summed E-state index contributed by atoms with van der Waals surface area (Å²) in [6.45, 7) is 0.338. The van der Waals surface area contributed by atoms with Gasteiger partial charge in [0.2, 0.25) is 5.91 Å². The Morgan fingerprint density at radius 2 is 1.95 bits per heavy atom. The summed E-state index contributed by atoms with van der Waals surface area (Å²) >= 11 is 0. The van der Waals surface area contributed by atoms with E-state index in [4.69, 9.17) is 0 Å². The molecule has 0 aromatic heterocycles. The summed E-state index contributed by atoms with van der Waals surface area (Å²) < 4.78 is 23.0. The molecule has 0 aromatic rings. The van der Waals surface area contributed by atoms with Gasteiger partial charge in [-0.1, -0.05) is 12.8 Å². The van der Waals surface area contributed by atoms with Gasteiger partial charge in [-0.3, -0.25) is 4.79 Å². The fraction of sp³-hybridized carbons (Fsp3) is 0.833. The fourth-order valence-electron chi connectivity index (χ4n) is 2.91. The predicted octanol–water partition coefficient (Wildman–Crippen LogP) is -0.723. The van der Waals surface area contributed by atoms with E-state index in [9.17, 15) is 23.1 Å². The number of hydrogen-bond acceptors (Lipinski definition) is 5. The molecule has 1 aliphatic carbocycles. The van der Waals surface area contributed by atoms with Crippen LogP contribution in [0.25, 0.3) is 0 Å². The van der Waals surface area contributed by atoms with Crippen LogP contribution in [0.15, 0.2) is 0 Å². The molecule has 0 aromatic carbocycles. The number of aliphatic carboxylic acids is 1. The second kappa shape index (κ2) is 5.69. The molecule has 8 heteroatoms. The maximum Gasteiger partial charge on any atom is 0.329 e. The molecule has 114 valence electrons. The maximum atomic E-state index is 12.0. The normalized spacial score (nSPS) is 27.9. The van der Waals surface area contributed by atoms with Crippen molar-refractivity contribution in [2.75, 3.05) is 18.1 Å². The monoisotopic (exact) mass is 304 g/mol. The lowest BCUT2D eigenvalue weighted by molar-refractivity contribution is -0.147. The summed E-state index contributed by atoms with van der Waals surface area (Å²) in [5.41, 5.74) is -1.16. The Morgan fingerprint density at radius 3 is 2.50 bits per heavy atom. The SMILES string of the molecule is O=C(CC1CS(=O)(=O)CCN1)NC1(C(=O)O)CCCC1. The van der Waals surface area contributed by atoms with Crippen molar-refractivity contribution in [2.45, 2.75) is 43.7 Å². The lowest BCUT2D eigenvalue weighted by atomic mass is 9.97. The molecule has 0 bridgehead atoms. The Hall–Kier alpha value is -1.15. The molecule has 2 aliphatic rings. The Morgan fingerprint density at radius 1 is 1.30 bits per heavy atom. The zero-order valence-electron chi connectivity index (χ0n) is 11.2. The highest BCUT2D eigenvalue weighted by Gasteiger charge is 2.42. The quantitative estimate of drug-likeness (QED) is 0.631. The molecule has 1 aliphatic heterocycles. The number of amides is 1. The molecule has 2 fully saturated rings. The largest absolute Gasteiger partial charge is 0.480 e. The molecule has 1 saturated heterocycles. The Labute approximate surface area is 118 Å². The van der Waals surface area contributed by atoms with Crippen LogP contribution in [0.4, 0.5) is 0 Å². The number of nitrogens with one attached hydrogen (secondary N) is 2. The summed E-state index contributed by atoms with van der Waals surface area (Å²) in [5.74, 6) is -1.39. The van der Waals surface area contributed by atoms with Crippen LogP contribution in [0, 0.1) is 0 Å². The number of carbonyl (C=O) groups is 2. The molecular formula is C12H20N2O5S. The van der Waals surface area contributed by atoms with Crippen LogP contribution in [-0.4, -0.2) is 55.0 Å². The molecule has 0 radical (unpaired) electrons. The van der Waals surface area contributed by atoms with Gasteiger partial charge in [-0.05, 0) is 12.8 Å². The molecule has 1 saturated carbocycles. The molecule has 1 amide bonds. The van der Waals surface area contributed by atoms with E-state index in [-0.39, 0.29) is 17.9 Å². The minimum atomic E-state index is -3.10. The Balaban J connectivity index is 1.93. The highest BCUT2D eigenvalue weighted by molar-refractivity contribution is 7.91. The van der Waals surface area contributed by atoms with Crippen LogP contribution < -0.4 is 10.6 Å². The molecule has 7 nitrogen and oxygen atoms in total. The number of hydrogen-bond donors (Lipinski definition) is 3. The minimum Gasteiger partial charge on any atom is -0.480 e. The minimum absolute atomic E-state index is 0.00569. The average molecular weight is 304 g/mol. The van der Waals surface area contributed by atoms with Gasteiger partial charge in [-0.2, -0.15) is 0 Å². The molecular weight excluding hydrogens is 284 g/mol. The molecule has 1 unspecified atom stereocenters. The van der Waals surface area contributed by atoms with Crippen LogP contribution in [0.3, 0.4) is 0 Å².